The number of nitrogens with zero attached hydrogens (tertiary/aromatic N) is 1. The first-order chi connectivity index (χ1) is 10.6. The molecule has 0 aliphatic heterocycles. The van der Waals surface area contributed by atoms with Crippen LogP contribution in [0.25, 0.3) is 21.2 Å². The summed E-state index contributed by atoms with van der Waals surface area (Å²) in [5.41, 5.74) is 0.923. The molecule has 0 unspecified atom stereocenters. The largest absolute Gasteiger partial charge is 0.499 e. The predicted octanol–water partition coefficient (Wildman–Crippen LogP) is 2.82. The van der Waals surface area contributed by atoms with Crippen molar-refractivity contribution in [1.82, 2.24) is 4.98 Å². The van der Waals surface area contributed by atoms with Crippen LogP contribution in [0.4, 0.5) is 0 Å². The number of aromatic nitrogens is 1. The molecule has 2 heterocycles. The molecule has 110 valence electrons. The smallest absolute Gasteiger partial charge is 0.346 e. The van der Waals surface area contributed by atoms with Crippen LogP contribution < -0.4 is 5.43 Å². The number of ether oxygens (including phenoxy) is 1. The second-order valence-corrected chi connectivity index (χ2v) is 5.59. The number of hydrogen-bond acceptors (Lipinski definition) is 6. The number of methoxy groups -OCH3 is 1. The molecule has 1 aromatic carbocycles. The summed E-state index contributed by atoms with van der Waals surface area (Å²) < 4.78 is 5.13. The van der Waals surface area contributed by atoms with Crippen LogP contribution in [0.3, 0.4) is 0 Å². The quantitative estimate of drug-likeness (QED) is 0.736. The van der Waals surface area contributed by atoms with Gasteiger partial charge in [-0.15, -0.1) is 0 Å². The van der Waals surface area contributed by atoms with E-state index < -0.39 is 11.4 Å². The van der Waals surface area contributed by atoms with Gasteiger partial charge in [0.05, 0.1) is 7.11 Å². The molecular formula is C16H11NO4S. The number of aromatic hydroxyl groups is 1. The van der Waals surface area contributed by atoms with E-state index in [1.54, 1.807) is 30.6 Å². The molecule has 22 heavy (non-hydrogen) atoms. The topological polar surface area (TPSA) is 76.5 Å². The molecule has 0 aliphatic carbocycles. The third-order valence-electron chi connectivity index (χ3n) is 3.26. The first-order valence-corrected chi connectivity index (χ1v) is 7.22. The van der Waals surface area contributed by atoms with E-state index in [1.165, 1.54) is 7.11 Å². The lowest BCUT2D eigenvalue weighted by molar-refractivity contribution is 0.0597. The number of esters is 1. The Balaban J connectivity index is 2.24. The molecule has 1 N–H and O–H groups in total. The standard InChI is InChI=1S/C16H11NO4S/c1-21-15(19)13-14(18)11-5-4-9(7-12(11)22-16(13)20)10-3-2-6-17-8-10/h2-8,20H,1H3. The predicted molar refractivity (Wildman–Crippen MR) is 84.3 cm³/mol. The molecule has 0 saturated carbocycles. The van der Waals surface area contributed by atoms with Crippen LogP contribution in [0.5, 0.6) is 5.06 Å². The van der Waals surface area contributed by atoms with Gasteiger partial charge >= 0.3 is 5.97 Å². The average molecular weight is 313 g/mol. The van der Waals surface area contributed by atoms with E-state index in [0.717, 1.165) is 22.5 Å². The number of pyridine rings is 1. The van der Waals surface area contributed by atoms with Gasteiger partial charge in [-0.1, -0.05) is 23.5 Å². The maximum atomic E-state index is 12.3. The maximum Gasteiger partial charge on any atom is 0.346 e. The van der Waals surface area contributed by atoms with Gasteiger partial charge in [0.15, 0.2) is 10.6 Å². The Kier molecular flexibility index (Phi) is 3.60. The lowest BCUT2D eigenvalue weighted by Crippen LogP contribution is -2.15. The summed E-state index contributed by atoms with van der Waals surface area (Å²) in [5.74, 6) is -0.836. The maximum absolute atomic E-state index is 12.3. The van der Waals surface area contributed by atoms with E-state index in [0.29, 0.717) is 10.1 Å². The molecule has 5 nitrogen and oxygen atoms in total. The molecule has 3 rings (SSSR count). The minimum atomic E-state index is -0.836. The van der Waals surface area contributed by atoms with Crippen molar-refractivity contribution in [3.8, 4) is 16.2 Å². The summed E-state index contributed by atoms with van der Waals surface area (Å²) >= 11 is 0.969. The van der Waals surface area contributed by atoms with Crippen molar-refractivity contribution in [3.63, 3.8) is 0 Å². The lowest BCUT2D eigenvalue weighted by Gasteiger charge is -2.06. The summed E-state index contributed by atoms with van der Waals surface area (Å²) in [6, 6.07) is 8.94. The first-order valence-electron chi connectivity index (χ1n) is 6.40. The van der Waals surface area contributed by atoms with E-state index in [-0.39, 0.29) is 10.6 Å². The fraction of sp³-hybridized carbons (Fsp3) is 0.0625. The van der Waals surface area contributed by atoms with Crippen molar-refractivity contribution < 1.29 is 14.6 Å². The minimum absolute atomic E-state index is 0.325. The molecule has 0 bridgehead atoms. The second kappa shape index (κ2) is 5.57. The molecule has 0 amide bonds. The minimum Gasteiger partial charge on any atom is -0.499 e. The molecule has 0 fully saturated rings. The van der Waals surface area contributed by atoms with Crippen molar-refractivity contribution in [1.29, 1.82) is 0 Å². The number of benzene rings is 1. The van der Waals surface area contributed by atoms with Crippen molar-refractivity contribution >= 4 is 27.4 Å². The third-order valence-corrected chi connectivity index (χ3v) is 4.21. The number of carbonyl (C=O) groups is 1. The molecule has 0 spiro atoms. The molecule has 2 aromatic heterocycles. The highest BCUT2D eigenvalue weighted by atomic mass is 32.1. The molecule has 0 saturated heterocycles. The lowest BCUT2D eigenvalue weighted by atomic mass is 10.1. The molecule has 6 heteroatoms. The summed E-state index contributed by atoms with van der Waals surface area (Å²) in [6.07, 6.45) is 3.39. The number of rotatable bonds is 2. The fourth-order valence-corrected chi connectivity index (χ4v) is 3.12. The normalized spacial score (nSPS) is 10.6. The molecule has 0 radical (unpaired) electrons. The zero-order valence-corrected chi connectivity index (χ0v) is 12.4. The Morgan fingerprint density at radius 3 is 2.77 bits per heavy atom. The summed E-state index contributed by atoms with van der Waals surface area (Å²) in [7, 11) is 1.17. The van der Waals surface area contributed by atoms with Crippen LogP contribution >= 0.6 is 11.3 Å². The van der Waals surface area contributed by atoms with E-state index in [1.807, 2.05) is 12.1 Å². The van der Waals surface area contributed by atoms with Gasteiger partial charge in [-0.3, -0.25) is 9.78 Å². The Morgan fingerprint density at radius 1 is 1.27 bits per heavy atom. The van der Waals surface area contributed by atoms with Crippen LogP contribution in [0, 0.1) is 0 Å². The summed E-state index contributed by atoms with van der Waals surface area (Å²) in [6.45, 7) is 0. The third kappa shape index (κ3) is 2.33. The monoisotopic (exact) mass is 313 g/mol. The Morgan fingerprint density at radius 2 is 2.09 bits per heavy atom. The van der Waals surface area contributed by atoms with Crippen LogP contribution in [0.15, 0.2) is 47.5 Å². The number of fused-ring (bicyclic) bond motifs is 1. The van der Waals surface area contributed by atoms with Gasteiger partial charge in [0.1, 0.15) is 0 Å². The van der Waals surface area contributed by atoms with Gasteiger partial charge in [0.2, 0.25) is 5.43 Å². The number of carbonyl (C=O) groups excluding carboxylic acids is 1. The Hall–Kier alpha value is -2.73. The summed E-state index contributed by atoms with van der Waals surface area (Å²) in [4.78, 5) is 28.0. The zero-order chi connectivity index (χ0) is 15.7. The van der Waals surface area contributed by atoms with Gasteiger partial charge in [-0.25, -0.2) is 4.79 Å². The van der Waals surface area contributed by atoms with Crippen molar-refractivity contribution in [2.24, 2.45) is 0 Å². The van der Waals surface area contributed by atoms with Gasteiger partial charge in [0.25, 0.3) is 0 Å². The van der Waals surface area contributed by atoms with E-state index in [4.69, 9.17) is 0 Å². The van der Waals surface area contributed by atoms with Crippen molar-refractivity contribution in [3.05, 3.63) is 58.5 Å². The van der Waals surface area contributed by atoms with Crippen LogP contribution in [0.2, 0.25) is 0 Å². The highest BCUT2D eigenvalue weighted by Gasteiger charge is 2.19. The van der Waals surface area contributed by atoms with E-state index >= 15 is 0 Å². The van der Waals surface area contributed by atoms with Crippen molar-refractivity contribution in [2.45, 2.75) is 0 Å². The molecule has 0 aliphatic rings. The zero-order valence-electron chi connectivity index (χ0n) is 11.6. The highest BCUT2D eigenvalue weighted by Crippen LogP contribution is 2.31. The average Bonchev–Trinajstić information content (AvgIpc) is 2.55. The fourth-order valence-electron chi connectivity index (χ4n) is 2.18. The van der Waals surface area contributed by atoms with Crippen molar-refractivity contribution in [2.75, 3.05) is 7.11 Å². The van der Waals surface area contributed by atoms with Crippen LogP contribution in [0.1, 0.15) is 10.4 Å². The van der Waals surface area contributed by atoms with E-state index in [9.17, 15) is 14.7 Å². The van der Waals surface area contributed by atoms with Gasteiger partial charge in [-0.2, -0.15) is 0 Å². The van der Waals surface area contributed by atoms with Crippen LogP contribution in [-0.2, 0) is 4.74 Å². The van der Waals surface area contributed by atoms with E-state index in [2.05, 4.69) is 9.72 Å². The molecular weight excluding hydrogens is 302 g/mol. The molecule has 3 aromatic rings. The van der Waals surface area contributed by atoms with Gasteiger partial charge in [-0.05, 0) is 23.8 Å². The second-order valence-electron chi connectivity index (χ2n) is 4.56. The highest BCUT2D eigenvalue weighted by molar-refractivity contribution is 7.20. The first kappa shape index (κ1) is 14.2. The van der Waals surface area contributed by atoms with Gasteiger partial charge in [0, 0.05) is 28.0 Å². The van der Waals surface area contributed by atoms with Crippen LogP contribution in [-0.4, -0.2) is 23.2 Å². The van der Waals surface area contributed by atoms with Gasteiger partial charge < -0.3 is 9.84 Å². The number of hydrogen-bond donors (Lipinski definition) is 1. The summed E-state index contributed by atoms with van der Waals surface area (Å²) in [5, 5.41) is 9.99. The SMILES string of the molecule is COC(=O)c1c(O)sc2cc(-c3cccnc3)ccc2c1=O. The Bertz CT molecular complexity index is 919. The Labute approximate surface area is 129 Å². The molecule has 0 atom stereocenters.